The number of nitrogens with zero attached hydrogens (tertiary/aromatic N) is 1. The number of hydrazine groups is 1. The summed E-state index contributed by atoms with van der Waals surface area (Å²) in [6.07, 6.45) is -0.557. The molecular formula is C13H19ClN2O3. The highest BCUT2D eigenvalue weighted by molar-refractivity contribution is 6.30. The zero-order valence-corrected chi connectivity index (χ0v) is 11.5. The molecule has 0 spiro atoms. The SMILES string of the molecule is OC(CNN1CCOCC1)COc1ccc(Cl)cc1. The second-order valence-electron chi connectivity index (χ2n) is 4.38. The molecule has 0 radical (unpaired) electrons. The highest BCUT2D eigenvalue weighted by atomic mass is 35.5. The van der Waals surface area contributed by atoms with Gasteiger partial charge in [-0.1, -0.05) is 11.6 Å². The molecule has 1 aliphatic heterocycles. The van der Waals surface area contributed by atoms with Gasteiger partial charge >= 0.3 is 0 Å². The van der Waals surface area contributed by atoms with Crippen molar-refractivity contribution in [3.63, 3.8) is 0 Å². The first-order valence-electron chi connectivity index (χ1n) is 6.36. The van der Waals surface area contributed by atoms with Crippen LogP contribution in [0.15, 0.2) is 24.3 Å². The third-order valence-electron chi connectivity index (χ3n) is 2.82. The number of aliphatic hydroxyl groups excluding tert-OH is 1. The molecule has 2 N–H and O–H groups in total. The number of ether oxygens (including phenoxy) is 2. The molecule has 19 heavy (non-hydrogen) atoms. The first-order chi connectivity index (χ1) is 9.24. The summed E-state index contributed by atoms with van der Waals surface area (Å²) in [7, 11) is 0. The lowest BCUT2D eigenvalue weighted by molar-refractivity contribution is -0.000790. The van der Waals surface area contributed by atoms with Gasteiger partial charge in [-0.15, -0.1) is 0 Å². The molecule has 6 heteroatoms. The minimum Gasteiger partial charge on any atom is -0.491 e. The molecule has 1 aromatic rings. The summed E-state index contributed by atoms with van der Waals surface area (Å²) in [5.74, 6) is 0.704. The van der Waals surface area contributed by atoms with E-state index in [1.165, 1.54) is 0 Å². The molecule has 1 unspecified atom stereocenters. The van der Waals surface area contributed by atoms with Crippen molar-refractivity contribution >= 4 is 11.6 Å². The largest absolute Gasteiger partial charge is 0.491 e. The Kier molecular flexibility index (Phi) is 5.88. The Morgan fingerprint density at radius 2 is 2.00 bits per heavy atom. The summed E-state index contributed by atoms with van der Waals surface area (Å²) in [4.78, 5) is 0. The van der Waals surface area contributed by atoms with Crippen molar-refractivity contribution < 1.29 is 14.6 Å². The van der Waals surface area contributed by atoms with Crippen LogP contribution in [0.4, 0.5) is 0 Å². The number of benzene rings is 1. The van der Waals surface area contributed by atoms with E-state index in [-0.39, 0.29) is 6.61 Å². The van der Waals surface area contributed by atoms with E-state index >= 15 is 0 Å². The number of rotatable bonds is 6. The zero-order valence-electron chi connectivity index (χ0n) is 10.7. The van der Waals surface area contributed by atoms with Gasteiger partial charge in [0.15, 0.2) is 0 Å². The van der Waals surface area contributed by atoms with Crippen LogP contribution in [0.2, 0.25) is 5.02 Å². The normalized spacial score (nSPS) is 18.2. The van der Waals surface area contributed by atoms with E-state index in [0.29, 0.717) is 17.3 Å². The van der Waals surface area contributed by atoms with Crippen LogP contribution in [-0.4, -0.2) is 55.7 Å². The molecule has 1 fully saturated rings. The molecule has 2 rings (SSSR count). The number of aliphatic hydroxyl groups is 1. The predicted molar refractivity (Wildman–Crippen MR) is 73.3 cm³/mol. The van der Waals surface area contributed by atoms with Gasteiger partial charge in [0.1, 0.15) is 18.5 Å². The van der Waals surface area contributed by atoms with E-state index in [4.69, 9.17) is 21.1 Å². The fraction of sp³-hybridized carbons (Fsp3) is 0.538. The van der Waals surface area contributed by atoms with Gasteiger partial charge in [-0.25, -0.2) is 5.01 Å². The summed E-state index contributed by atoms with van der Waals surface area (Å²) in [5, 5.41) is 12.5. The van der Waals surface area contributed by atoms with Crippen molar-refractivity contribution in [1.82, 2.24) is 10.4 Å². The minimum atomic E-state index is -0.557. The van der Waals surface area contributed by atoms with Crippen LogP contribution in [0.3, 0.4) is 0 Å². The smallest absolute Gasteiger partial charge is 0.119 e. The molecule has 1 heterocycles. The quantitative estimate of drug-likeness (QED) is 0.814. The van der Waals surface area contributed by atoms with Gasteiger partial charge in [-0.2, -0.15) is 0 Å². The zero-order chi connectivity index (χ0) is 13.5. The maximum Gasteiger partial charge on any atom is 0.119 e. The average molecular weight is 287 g/mol. The molecule has 1 aromatic carbocycles. The Bertz CT molecular complexity index is 369. The van der Waals surface area contributed by atoms with Crippen LogP contribution in [0.25, 0.3) is 0 Å². The highest BCUT2D eigenvalue weighted by Gasteiger charge is 2.12. The van der Waals surface area contributed by atoms with Crippen LogP contribution in [0, 0.1) is 0 Å². The first-order valence-corrected chi connectivity index (χ1v) is 6.74. The molecule has 0 aliphatic carbocycles. The van der Waals surface area contributed by atoms with Crippen molar-refractivity contribution in [3.05, 3.63) is 29.3 Å². The number of nitrogens with one attached hydrogen (secondary N) is 1. The third kappa shape index (κ3) is 5.34. The fourth-order valence-corrected chi connectivity index (χ4v) is 1.86. The standard InChI is InChI=1S/C13H19ClN2O3/c14-11-1-3-13(4-2-11)19-10-12(17)9-15-16-5-7-18-8-6-16/h1-4,12,15,17H,5-10H2. The van der Waals surface area contributed by atoms with E-state index in [1.54, 1.807) is 24.3 Å². The van der Waals surface area contributed by atoms with E-state index in [1.807, 2.05) is 0 Å². The molecule has 0 amide bonds. The average Bonchev–Trinajstić information content (AvgIpc) is 2.45. The third-order valence-corrected chi connectivity index (χ3v) is 3.07. The number of halogens is 1. The second-order valence-corrected chi connectivity index (χ2v) is 4.82. The lowest BCUT2D eigenvalue weighted by Gasteiger charge is -2.28. The summed E-state index contributed by atoms with van der Waals surface area (Å²) in [6, 6.07) is 7.08. The first kappa shape index (κ1) is 14.6. The summed E-state index contributed by atoms with van der Waals surface area (Å²) in [6.45, 7) is 3.84. The van der Waals surface area contributed by atoms with Gasteiger partial charge in [0, 0.05) is 24.7 Å². The van der Waals surface area contributed by atoms with E-state index in [2.05, 4.69) is 10.4 Å². The maximum absolute atomic E-state index is 9.82. The predicted octanol–water partition coefficient (Wildman–Crippen LogP) is 0.916. The Morgan fingerprint density at radius 3 is 2.68 bits per heavy atom. The van der Waals surface area contributed by atoms with Gasteiger partial charge in [-0.3, -0.25) is 5.43 Å². The maximum atomic E-state index is 9.82. The Morgan fingerprint density at radius 1 is 1.32 bits per heavy atom. The highest BCUT2D eigenvalue weighted by Crippen LogP contribution is 2.15. The second kappa shape index (κ2) is 7.67. The van der Waals surface area contributed by atoms with Gasteiger partial charge in [0.25, 0.3) is 0 Å². The van der Waals surface area contributed by atoms with Crippen LogP contribution in [0.1, 0.15) is 0 Å². The Balaban J connectivity index is 1.63. The monoisotopic (exact) mass is 286 g/mol. The van der Waals surface area contributed by atoms with E-state index in [0.717, 1.165) is 26.3 Å². The van der Waals surface area contributed by atoms with Gasteiger partial charge in [0.2, 0.25) is 0 Å². The van der Waals surface area contributed by atoms with Crippen molar-refractivity contribution in [2.24, 2.45) is 0 Å². The lowest BCUT2D eigenvalue weighted by Crippen LogP contribution is -2.48. The molecule has 1 saturated heterocycles. The summed E-state index contributed by atoms with van der Waals surface area (Å²) < 4.78 is 10.7. The molecule has 5 nitrogen and oxygen atoms in total. The molecule has 0 bridgehead atoms. The molecular weight excluding hydrogens is 268 g/mol. The minimum absolute atomic E-state index is 0.249. The van der Waals surface area contributed by atoms with Crippen LogP contribution < -0.4 is 10.2 Å². The van der Waals surface area contributed by atoms with Gasteiger partial charge in [-0.05, 0) is 24.3 Å². The molecule has 1 aliphatic rings. The molecule has 1 atom stereocenters. The van der Waals surface area contributed by atoms with E-state index < -0.39 is 6.10 Å². The van der Waals surface area contributed by atoms with Crippen molar-refractivity contribution in [3.8, 4) is 5.75 Å². The lowest BCUT2D eigenvalue weighted by atomic mass is 10.3. The Hall–Kier alpha value is -0.850. The van der Waals surface area contributed by atoms with Crippen LogP contribution in [0.5, 0.6) is 5.75 Å². The van der Waals surface area contributed by atoms with Gasteiger partial charge in [0.05, 0.1) is 13.2 Å². The molecule has 0 saturated carbocycles. The van der Waals surface area contributed by atoms with Crippen LogP contribution in [-0.2, 0) is 4.74 Å². The van der Waals surface area contributed by atoms with Crippen molar-refractivity contribution in [1.29, 1.82) is 0 Å². The van der Waals surface area contributed by atoms with Crippen molar-refractivity contribution in [2.45, 2.75) is 6.10 Å². The van der Waals surface area contributed by atoms with Crippen LogP contribution >= 0.6 is 11.6 Å². The van der Waals surface area contributed by atoms with E-state index in [9.17, 15) is 5.11 Å². The molecule has 106 valence electrons. The molecule has 0 aromatic heterocycles. The van der Waals surface area contributed by atoms with Gasteiger partial charge < -0.3 is 14.6 Å². The number of morpholine rings is 1. The number of hydrogen-bond acceptors (Lipinski definition) is 5. The topological polar surface area (TPSA) is 54.0 Å². The van der Waals surface area contributed by atoms with Crippen molar-refractivity contribution in [2.75, 3.05) is 39.5 Å². The fourth-order valence-electron chi connectivity index (χ4n) is 1.74. The number of hydrogen-bond donors (Lipinski definition) is 2. The Labute approximate surface area is 118 Å². The summed E-state index contributed by atoms with van der Waals surface area (Å²) >= 11 is 5.78. The summed E-state index contributed by atoms with van der Waals surface area (Å²) in [5.41, 5.74) is 3.17.